The van der Waals surface area contributed by atoms with E-state index >= 15 is 0 Å². The lowest BCUT2D eigenvalue weighted by Crippen LogP contribution is -2.40. The molecule has 2 heterocycles. The fraction of sp³-hybridized carbons (Fsp3) is 0.667. The molecular formula is C9H13N3O6. The van der Waals surface area contributed by atoms with Gasteiger partial charge in [-0.15, -0.1) is 0 Å². The van der Waals surface area contributed by atoms with Crippen LogP contribution in [-0.2, 0) is 4.74 Å². The number of aromatic nitrogens is 3. The van der Waals surface area contributed by atoms with E-state index in [4.69, 9.17) is 9.84 Å². The van der Waals surface area contributed by atoms with Gasteiger partial charge in [-0.1, -0.05) is 0 Å². The summed E-state index contributed by atoms with van der Waals surface area (Å²) in [7, 11) is 0. The highest BCUT2D eigenvalue weighted by molar-refractivity contribution is 4.92. The van der Waals surface area contributed by atoms with Gasteiger partial charge in [0.2, 0.25) is 0 Å². The molecule has 0 amide bonds. The number of H-pyrrole nitrogens is 1. The highest BCUT2D eigenvalue weighted by Crippen LogP contribution is 2.27. The maximum Gasteiger partial charge on any atom is 0.347 e. The van der Waals surface area contributed by atoms with Crippen molar-refractivity contribution in [2.75, 3.05) is 6.61 Å². The van der Waals surface area contributed by atoms with Crippen molar-refractivity contribution in [1.29, 1.82) is 0 Å². The van der Waals surface area contributed by atoms with Gasteiger partial charge in [-0.2, -0.15) is 9.78 Å². The Balaban J connectivity index is 2.42. The van der Waals surface area contributed by atoms with Crippen molar-refractivity contribution in [2.45, 2.75) is 31.5 Å². The number of aromatic amines is 1. The molecule has 4 N–H and O–H groups in total. The Morgan fingerprint density at radius 1 is 1.39 bits per heavy atom. The molecule has 1 aliphatic rings. The van der Waals surface area contributed by atoms with Gasteiger partial charge in [0.25, 0.3) is 5.56 Å². The number of aliphatic hydroxyl groups excluding tert-OH is 3. The lowest BCUT2D eigenvalue weighted by Gasteiger charge is -2.15. The second-order valence-electron chi connectivity index (χ2n) is 4.02. The van der Waals surface area contributed by atoms with E-state index in [1.54, 1.807) is 0 Å². The van der Waals surface area contributed by atoms with Gasteiger partial charge in [-0.25, -0.2) is 4.79 Å². The fourth-order valence-corrected chi connectivity index (χ4v) is 1.75. The van der Waals surface area contributed by atoms with Crippen LogP contribution >= 0.6 is 0 Å². The number of aliphatic hydroxyl groups is 3. The Hall–Kier alpha value is -1.55. The van der Waals surface area contributed by atoms with Crippen LogP contribution in [0, 0.1) is 6.92 Å². The van der Waals surface area contributed by atoms with Gasteiger partial charge >= 0.3 is 5.69 Å². The molecule has 9 heteroatoms. The highest BCUT2D eigenvalue weighted by Gasteiger charge is 2.44. The molecular weight excluding hydrogens is 246 g/mol. The van der Waals surface area contributed by atoms with Crippen LogP contribution in [0.15, 0.2) is 9.59 Å². The molecule has 0 aliphatic carbocycles. The number of nitrogens with one attached hydrogen (secondary N) is 1. The number of ether oxygens (including phenoxy) is 1. The van der Waals surface area contributed by atoms with Crippen molar-refractivity contribution >= 4 is 0 Å². The number of hydrogen-bond acceptors (Lipinski definition) is 7. The Kier molecular flexibility index (Phi) is 3.30. The summed E-state index contributed by atoms with van der Waals surface area (Å²) in [5.41, 5.74) is -1.48. The molecule has 18 heavy (non-hydrogen) atoms. The summed E-state index contributed by atoms with van der Waals surface area (Å²) in [5, 5.41) is 31.9. The largest absolute Gasteiger partial charge is 0.394 e. The van der Waals surface area contributed by atoms with Gasteiger partial charge in [0.05, 0.1) is 6.61 Å². The zero-order chi connectivity index (χ0) is 13.4. The van der Waals surface area contributed by atoms with Gasteiger partial charge in [-0.05, 0) is 6.92 Å². The molecule has 0 unspecified atom stereocenters. The van der Waals surface area contributed by atoms with E-state index in [0.717, 1.165) is 4.68 Å². The van der Waals surface area contributed by atoms with E-state index in [2.05, 4.69) is 5.10 Å². The first-order chi connectivity index (χ1) is 8.45. The Labute approximate surface area is 100 Å². The molecule has 4 atom stereocenters. The van der Waals surface area contributed by atoms with Gasteiger partial charge in [0.15, 0.2) is 6.23 Å². The highest BCUT2D eigenvalue weighted by atomic mass is 16.6. The Morgan fingerprint density at radius 2 is 2.06 bits per heavy atom. The first kappa shape index (κ1) is 12.9. The van der Waals surface area contributed by atoms with Crippen molar-refractivity contribution in [3.05, 3.63) is 26.5 Å². The van der Waals surface area contributed by atoms with Crippen molar-refractivity contribution in [3.63, 3.8) is 0 Å². The van der Waals surface area contributed by atoms with Crippen LogP contribution in [0.25, 0.3) is 0 Å². The predicted octanol–water partition coefficient (Wildman–Crippen LogP) is -3.15. The topological polar surface area (TPSA) is 138 Å². The number of rotatable bonds is 2. The maximum atomic E-state index is 11.5. The molecule has 100 valence electrons. The number of aryl methyl sites for hydroxylation is 1. The molecule has 1 aromatic heterocycles. The molecule has 2 rings (SSSR count). The second kappa shape index (κ2) is 4.61. The van der Waals surface area contributed by atoms with E-state index in [-0.39, 0.29) is 5.69 Å². The summed E-state index contributed by atoms with van der Waals surface area (Å²) in [6, 6.07) is 0. The van der Waals surface area contributed by atoms with Gasteiger partial charge < -0.3 is 20.1 Å². The van der Waals surface area contributed by atoms with E-state index in [9.17, 15) is 19.8 Å². The minimum Gasteiger partial charge on any atom is -0.394 e. The average molecular weight is 259 g/mol. The van der Waals surface area contributed by atoms with E-state index in [1.165, 1.54) is 6.92 Å². The molecule has 0 bridgehead atoms. The molecule has 1 saturated heterocycles. The smallest absolute Gasteiger partial charge is 0.347 e. The van der Waals surface area contributed by atoms with Crippen LogP contribution < -0.4 is 11.2 Å². The maximum absolute atomic E-state index is 11.5. The van der Waals surface area contributed by atoms with Crippen LogP contribution in [0.5, 0.6) is 0 Å². The summed E-state index contributed by atoms with van der Waals surface area (Å²) in [5.74, 6) is 0. The van der Waals surface area contributed by atoms with Crippen LogP contribution in [-0.4, -0.2) is 55.0 Å². The van der Waals surface area contributed by atoms with Crippen LogP contribution in [0.4, 0.5) is 0 Å². The summed E-state index contributed by atoms with van der Waals surface area (Å²) < 4.78 is 5.86. The standard InChI is InChI=1S/C9H13N3O6/c1-3-7(16)10-9(17)12(11-3)8-6(15)5(14)4(2-13)18-8/h4-6,8,13-15H,2H2,1H3,(H,10,16,17)/t4-,5-,6+,8-/m1/s1. The lowest BCUT2D eigenvalue weighted by molar-refractivity contribution is -0.0620. The zero-order valence-corrected chi connectivity index (χ0v) is 9.48. The molecule has 0 spiro atoms. The van der Waals surface area contributed by atoms with Crippen molar-refractivity contribution in [1.82, 2.24) is 14.8 Å². The van der Waals surface area contributed by atoms with Crippen LogP contribution in [0.2, 0.25) is 0 Å². The summed E-state index contributed by atoms with van der Waals surface area (Å²) in [6.07, 6.45) is -5.01. The zero-order valence-electron chi connectivity index (χ0n) is 9.48. The third kappa shape index (κ3) is 1.97. The summed E-state index contributed by atoms with van der Waals surface area (Å²) in [4.78, 5) is 24.7. The van der Waals surface area contributed by atoms with E-state index < -0.39 is 42.4 Å². The van der Waals surface area contributed by atoms with Gasteiger partial charge in [-0.3, -0.25) is 9.78 Å². The minimum absolute atomic E-state index is 0.0207. The molecule has 0 saturated carbocycles. The average Bonchev–Trinajstić information content (AvgIpc) is 2.61. The summed E-state index contributed by atoms with van der Waals surface area (Å²) in [6.45, 7) is 0.877. The second-order valence-corrected chi connectivity index (χ2v) is 4.02. The first-order valence-corrected chi connectivity index (χ1v) is 5.28. The molecule has 1 aromatic rings. The third-order valence-corrected chi connectivity index (χ3v) is 2.77. The van der Waals surface area contributed by atoms with E-state index in [1.807, 2.05) is 4.98 Å². The molecule has 0 radical (unpaired) electrons. The minimum atomic E-state index is -1.42. The lowest BCUT2D eigenvalue weighted by atomic mass is 10.1. The summed E-state index contributed by atoms with van der Waals surface area (Å²) >= 11 is 0. The Bertz CT molecular complexity index is 552. The molecule has 0 aromatic carbocycles. The molecule has 9 nitrogen and oxygen atoms in total. The normalized spacial score (nSPS) is 31.8. The Morgan fingerprint density at radius 3 is 2.61 bits per heavy atom. The fourth-order valence-electron chi connectivity index (χ4n) is 1.75. The van der Waals surface area contributed by atoms with Gasteiger partial charge in [0.1, 0.15) is 24.0 Å². The van der Waals surface area contributed by atoms with Crippen molar-refractivity contribution < 1.29 is 20.1 Å². The SMILES string of the molecule is Cc1nn([C@@H]2O[C@H](CO)[C@@H](O)[C@@H]2O)c(=O)[nH]c1=O. The van der Waals surface area contributed by atoms with Crippen LogP contribution in [0.3, 0.4) is 0 Å². The monoisotopic (exact) mass is 259 g/mol. The van der Waals surface area contributed by atoms with E-state index in [0.29, 0.717) is 0 Å². The molecule has 1 fully saturated rings. The number of nitrogens with zero attached hydrogens (tertiary/aromatic N) is 2. The molecule has 1 aliphatic heterocycles. The van der Waals surface area contributed by atoms with Gasteiger partial charge in [0, 0.05) is 0 Å². The third-order valence-electron chi connectivity index (χ3n) is 2.77. The number of hydrogen-bond donors (Lipinski definition) is 4. The predicted molar refractivity (Wildman–Crippen MR) is 56.9 cm³/mol. The quantitative estimate of drug-likeness (QED) is 0.440. The van der Waals surface area contributed by atoms with Crippen molar-refractivity contribution in [3.8, 4) is 0 Å². The van der Waals surface area contributed by atoms with Crippen LogP contribution in [0.1, 0.15) is 11.9 Å². The first-order valence-electron chi connectivity index (χ1n) is 5.28. The van der Waals surface area contributed by atoms with Crippen molar-refractivity contribution in [2.24, 2.45) is 0 Å².